The van der Waals surface area contributed by atoms with Crippen LogP contribution in [0.1, 0.15) is 6.92 Å². The highest BCUT2D eigenvalue weighted by atomic mass is 28.3. The highest BCUT2D eigenvalue weighted by Gasteiger charge is 2.23. The minimum absolute atomic E-state index is 0.109. The van der Waals surface area contributed by atoms with E-state index in [2.05, 4.69) is 30.8 Å². The van der Waals surface area contributed by atoms with E-state index < -0.39 is 9.04 Å². The molecule has 0 fully saturated rings. The molecule has 2 aromatic rings. The predicted octanol–water partition coefficient (Wildman–Crippen LogP) is 2.36. The Morgan fingerprint density at radius 2 is 1.40 bits per heavy atom. The summed E-state index contributed by atoms with van der Waals surface area (Å²) in [4.78, 5) is 0. The summed E-state index contributed by atoms with van der Waals surface area (Å²) < 4.78 is 11.4. The number of hydrogen-bond acceptors (Lipinski definition) is 2. The van der Waals surface area contributed by atoms with E-state index in [4.69, 9.17) is 9.16 Å². The van der Waals surface area contributed by atoms with Crippen molar-refractivity contribution in [2.75, 3.05) is 7.11 Å². The highest BCUT2D eigenvalue weighted by Crippen LogP contribution is 2.07. The third-order valence-corrected chi connectivity index (χ3v) is 5.29. The topological polar surface area (TPSA) is 18.5 Å². The van der Waals surface area contributed by atoms with Gasteiger partial charge in [-0.05, 0) is 17.3 Å². The lowest BCUT2D eigenvalue weighted by Crippen LogP contribution is -2.45. The van der Waals surface area contributed by atoms with Gasteiger partial charge in [-0.2, -0.15) is 0 Å². The summed E-state index contributed by atoms with van der Waals surface area (Å²) in [6, 6.07) is 20.6. The Balaban J connectivity index is 2.28. The summed E-state index contributed by atoms with van der Waals surface area (Å²) in [7, 11) is 0.330. The number of hydrogen-bond donors (Lipinski definition) is 0. The third kappa shape index (κ3) is 3.59. The van der Waals surface area contributed by atoms with Crippen LogP contribution in [0.5, 0.6) is 0 Å². The molecule has 2 aromatic carbocycles. The van der Waals surface area contributed by atoms with Gasteiger partial charge >= 0.3 is 9.04 Å². The van der Waals surface area contributed by atoms with Crippen molar-refractivity contribution >= 4 is 19.4 Å². The summed E-state index contributed by atoms with van der Waals surface area (Å²) in [6.45, 7) is 5.94. The Labute approximate surface area is 122 Å². The fraction of sp³-hybridized carbons (Fsp3) is 0.176. The van der Waals surface area contributed by atoms with Crippen LogP contribution in [0.2, 0.25) is 0 Å². The largest absolute Gasteiger partial charge is 0.534 e. The van der Waals surface area contributed by atoms with Crippen molar-refractivity contribution < 1.29 is 9.16 Å². The SMILES string of the molecule is C=C(O[Si](c1ccccc1)c1ccccc1)C(C)OC. The monoisotopic (exact) mass is 283 g/mol. The zero-order chi connectivity index (χ0) is 14.4. The van der Waals surface area contributed by atoms with Gasteiger partial charge in [0.15, 0.2) is 0 Å². The summed E-state index contributed by atoms with van der Waals surface area (Å²) in [5.41, 5.74) is 0. The van der Waals surface area contributed by atoms with Crippen molar-refractivity contribution in [1.82, 2.24) is 0 Å². The molecule has 0 saturated carbocycles. The molecule has 0 spiro atoms. The Kier molecular flexibility index (Phi) is 5.15. The van der Waals surface area contributed by atoms with Gasteiger partial charge in [0.2, 0.25) is 0 Å². The highest BCUT2D eigenvalue weighted by molar-refractivity contribution is 6.80. The minimum atomic E-state index is -1.33. The second kappa shape index (κ2) is 7.08. The van der Waals surface area contributed by atoms with Gasteiger partial charge in [0.05, 0.1) is 0 Å². The Bertz CT molecular complexity index is 500. The average Bonchev–Trinajstić information content (AvgIpc) is 2.53. The van der Waals surface area contributed by atoms with Gasteiger partial charge in [-0.1, -0.05) is 67.2 Å². The molecule has 0 amide bonds. The molecule has 0 N–H and O–H groups in total. The van der Waals surface area contributed by atoms with Crippen LogP contribution in [0.4, 0.5) is 0 Å². The number of benzene rings is 2. The number of rotatable bonds is 6. The van der Waals surface area contributed by atoms with Crippen molar-refractivity contribution in [3.8, 4) is 0 Å². The molecule has 0 bridgehead atoms. The lowest BCUT2D eigenvalue weighted by atomic mass is 10.4. The minimum Gasteiger partial charge on any atom is -0.534 e. The number of methoxy groups -OCH3 is 1. The molecular formula is C17H19O2Si. The maximum absolute atomic E-state index is 6.16. The van der Waals surface area contributed by atoms with Crippen LogP contribution in [-0.4, -0.2) is 22.3 Å². The Morgan fingerprint density at radius 3 is 1.80 bits per heavy atom. The number of ether oxygens (including phenoxy) is 1. The van der Waals surface area contributed by atoms with Gasteiger partial charge in [0, 0.05) is 7.11 Å². The van der Waals surface area contributed by atoms with Crippen LogP contribution >= 0.6 is 0 Å². The molecule has 3 heteroatoms. The first kappa shape index (κ1) is 14.6. The zero-order valence-corrected chi connectivity index (χ0v) is 12.9. The molecule has 0 aliphatic carbocycles. The van der Waals surface area contributed by atoms with Gasteiger partial charge < -0.3 is 9.16 Å². The first-order chi connectivity index (χ1) is 9.72. The molecule has 1 atom stereocenters. The van der Waals surface area contributed by atoms with Crippen molar-refractivity contribution in [2.24, 2.45) is 0 Å². The summed E-state index contributed by atoms with van der Waals surface area (Å²) in [5.74, 6) is 0.675. The predicted molar refractivity (Wildman–Crippen MR) is 84.6 cm³/mol. The molecule has 2 nitrogen and oxygen atoms in total. The van der Waals surface area contributed by atoms with E-state index in [9.17, 15) is 0 Å². The Morgan fingerprint density at radius 1 is 0.950 bits per heavy atom. The molecule has 0 aliphatic heterocycles. The van der Waals surface area contributed by atoms with Crippen molar-refractivity contribution in [2.45, 2.75) is 13.0 Å². The van der Waals surface area contributed by atoms with Crippen LogP contribution < -0.4 is 10.4 Å². The van der Waals surface area contributed by atoms with E-state index in [1.54, 1.807) is 7.11 Å². The van der Waals surface area contributed by atoms with E-state index in [1.165, 1.54) is 10.4 Å². The van der Waals surface area contributed by atoms with Crippen LogP contribution in [0, 0.1) is 0 Å². The van der Waals surface area contributed by atoms with E-state index in [0.29, 0.717) is 5.76 Å². The van der Waals surface area contributed by atoms with Gasteiger partial charge in [-0.3, -0.25) is 0 Å². The fourth-order valence-electron chi connectivity index (χ4n) is 1.81. The molecule has 1 radical (unpaired) electrons. The molecule has 103 valence electrons. The summed E-state index contributed by atoms with van der Waals surface area (Å²) in [5, 5.41) is 2.40. The molecular weight excluding hydrogens is 264 g/mol. The second-order valence-corrected chi connectivity index (χ2v) is 6.52. The van der Waals surface area contributed by atoms with Crippen molar-refractivity contribution in [1.29, 1.82) is 0 Å². The second-order valence-electron chi connectivity index (χ2n) is 4.51. The van der Waals surface area contributed by atoms with E-state index in [1.807, 2.05) is 43.3 Å². The van der Waals surface area contributed by atoms with Gasteiger partial charge in [-0.25, -0.2) is 0 Å². The Hall–Kier alpha value is -1.84. The quantitative estimate of drug-likeness (QED) is 0.598. The smallest absolute Gasteiger partial charge is 0.352 e. The molecule has 1 unspecified atom stereocenters. The third-order valence-electron chi connectivity index (χ3n) is 3.11. The zero-order valence-electron chi connectivity index (χ0n) is 11.9. The van der Waals surface area contributed by atoms with Crippen LogP contribution in [-0.2, 0) is 9.16 Å². The van der Waals surface area contributed by atoms with E-state index in [0.717, 1.165) is 0 Å². The van der Waals surface area contributed by atoms with Crippen LogP contribution in [0.15, 0.2) is 73.0 Å². The van der Waals surface area contributed by atoms with Gasteiger partial charge in [0.1, 0.15) is 11.9 Å². The fourth-order valence-corrected chi connectivity index (χ4v) is 3.80. The van der Waals surface area contributed by atoms with Crippen molar-refractivity contribution in [3.63, 3.8) is 0 Å². The first-order valence-electron chi connectivity index (χ1n) is 6.59. The summed E-state index contributed by atoms with van der Waals surface area (Å²) in [6.07, 6.45) is -0.109. The lowest BCUT2D eigenvalue weighted by Gasteiger charge is -2.21. The van der Waals surface area contributed by atoms with Crippen LogP contribution in [0.25, 0.3) is 0 Å². The maximum Gasteiger partial charge on any atom is 0.352 e. The van der Waals surface area contributed by atoms with E-state index in [-0.39, 0.29) is 6.10 Å². The normalized spacial score (nSPS) is 12.2. The lowest BCUT2D eigenvalue weighted by molar-refractivity contribution is 0.114. The molecule has 0 aliphatic rings. The summed E-state index contributed by atoms with van der Waals surface area (Å²) >= 11 is 0. The van der Waals surface area contributed by atoms with E-state index >= 15 is 0 Å². The molecule has 0 heterocycles. The van der Waals surface area contributed by atoms with Crippen LogP contribution in [0.3, 0.4) is 0 Å². The molecule has 0 saturated heterocycles. The molecule has 20 heavy (non-hydrogen) atoms. The first-order valence-corrected chi connectivity index (χ1v) is 8.00. The van der Waals surface area contributed by atoms with Gasteiger partial charge in [-0.15, -0.1) is 0 Å². The standard InChI is InChI=1S/C17H19O2Si/c1-14(18-3)15(2)19-20(16-10-6-4-7-11-16)17-12-8-5-9-13-17/h4-14H,2H2,1,3H3. The molecule has 0 aromatic heterocycles. The van der Waals surface area contributed by atoms with Gasteiger partial charge in [0.25, 0.3) is 0 Å². The average molecular weight is 283 g/mol. The molecule has 2 rings (SSSR count). The maximum atomic E-state index is 6.16. The van der Waals surface area contributed by atoms with Crippen molar-refractivity contribution in [3.05, 3.63) is 73.0 Å².